The van der Waals surface area contributed by atoms with Crippen LogP contribution in [-0.4, -0.2) is 46.4 Å². The Morgan fingerprint density at radius 3 is 2.71 bits per heavy atom. The molecular formula is C16H21N3OS. The predicted octanol–water partition coefficient (Wildman–Crippen LogP) is 2.96. The van der Waals surface area contributed by atoms with E-state index in [0.717, 1.165) is 54.6 Å². The number of morpholine rings is 1. The maximum atomic E-state index is 5.40. The first-order valence-electron chi connectivity index (χ1n) is 7.45. The van der Waals surface area contributed by atoms with Gasteiger partial charge in [0.2, 0.25) is 0 Å². The molecule has 112 valence electrons. The molecule has 2 aromatic rings. The molecular weight excluding hydrogens is 282 g/mol. The number of aromatic nitrogens is 2. The molecule has 1 fully saturated rings. The molecule has 0 N–H and O–H groups in total. The molecule has 0 atom stereocenters. The maximum absolute atomic E-state index is 5.40. The van der Waals surface area contributed by atoms with Crippen molar-refractivity contribution in [2.24, 2.45) is 0 Å². The van der Waals surface area contributed by atoms with Crippen molar-refractivity contribution in [1.29, 1.82) is 0 Å². The number of rotatable bonds is 4. The highest BCUT2D eigenvalue weighted by Gasteiger charge is 2.15. The van der Waals surface area contributed by atoms with Crippen LogP contribution in [0.25, 0.3) is 10.9 Å². The standard InChI is InChI=1S/C16H21N3OS/c1-12(2)21-16-13-5-3-4-6-14(13)17-15(18-16)11-19-7-9-20-10-8-19/h3-6,12H,7-11H2,1-2H3. The first kappa shape index (κ1) is 14.8. The van der Waals surface area contributed by atoms with E-state index >= 15 is 0 Å². The minimum atomic E-state index is 0.513. The van der Waals surface area contributed by atoms with Crippen molar-refractivity contribution < 1.29 is 4.74 Å². The van der Waals surface area contributed by atoms with Crippen molar-refractivity contribution in [1.82, 2.24) is 14.9 Å². The summed E-state index contributed by atoms with van der Waals surface area (Å²) in [7, 11) is 0. The minimum absolute atomic E-state index is 0.513. The van der Waals surface area contributed by atoms with Gasteiger partial charge in [-0.1, -0.05) is 32.0 Å². The zero-order valence-corrected chi connectivity index (χ0v) is 13.4. The van der Waals surface area contributed by atoms with Crippen LogP contribution in [0, 0.1) is 0 Å². The van der Waals surface area contributed by atoms with Crippen molar-refractivity contribution in [2.75, 3.05) is 26.3 Å². The molecule has 21 heavy (non-hydrogen) atoms. The van der Waals surface area contributed by atoms with E-state index in [4.69, 9.17) is 14.7 Å². The number of hydrogen-bond acceptors (Lipinski definition) is 5. The van der Waals surface area contributed by atoms with Gasteiger partial charge < -0.3 is 4.74 Å². The second-order valence-electron chi connectivity index (χ2n) is 5.52. The molecule has 0 bridgehead atoms. The highest BCUT2D eigenvalue weighted by Crippen LogP contribution is 2.28. The van der Waals surface area contributed by atoms with Gasteiger partial charge in [0.05, 0.1) is 25.3 Å². The first-order valence-corrected chi connectivity index (χ1v) is 8.33. The number of nitrogens with zero attached hydrogens (tertiary/aromatic N) is 3. The predicted molar refractivity (Wildman–Crippen MR) is 86.6 cm³/mol. The molecule has 1 aromatic carbocycles. The largest absolute Gasteiger partial charge is 0.379 e. The van der Waals surface area contributed by atoms with Crippen molar-refractivity contribution in [2.45, 2.75) is 30.7 Å². The van der Waals surface area contributed by atoms with Gasteiger partial charge in [0, 0.05) is 23.7 Å². The van der Waals surface area contributed by atoms with Gasteiger partial charge in [-0.2, -0.15) is 0 Å². The van der Waals surface area contributed by atoms with Crippen LogP contribution in [0.1, 0.15) is 19.7 Å². The van der Waals surface area contributed by atoms with Gasteiger partial charge in [0.25, 0.3) is 0 Å². The van der Waals surface area contributed by atoms with E-state index in [2.05, 4.69) is 36.9 Å². The SMILES string of the molecule is CC(C)Sc1nc(CN2CCOCC2)nc2ccccc12. The Morgan fingerprint density at radius 1 is 1.19 bits per heavy atom. The lowest BCUT2D eigenvalue weighted by molar-refractivity contribution is 0.0330. The van der Waals surface area contributed by atoms with Gasteiger partial charge in [-0.25, -0.2) is 9.97 Å². The number of fused-ring (bicyclic) bond motifs is 1. The van der Waals surface area contributed by atoms with E-state index in [1.807, 2.05) is 17.8 Å². The maximum Gasteiger partial charge on any atom is 0.144 e. The Bertz CT molecular complexity index is 611. The number of para-hydroxylation sites is 1. The third-order valence-electron chi connectivity index (χ3n) is 3.43. The van der Waals surface area contributed by atoms with Gasteiger partial charge in [0.1, 0.15) is 10.9 Å². The van der Waals surface area contributed by atoms with Gasteiger partial charge in [-0.05, 0) is 6.07 Å². The third kappa shape index (κ3) is 3.73. The average molecular weight is 303 g/mol. The Labute approximate surface area is 129 Å². The summed E-state index contributed by atoms with van der Waals surface area (Å²) in [6, 6.07) is 8.28. The minimum Gasteiger partial charge on any atom is -0.379 e. The normalized spacial score (nSPS) is 16.7. The Morgan fingerprint density at radius 2 is 1.95 bits per heavy atom. The molecule has 1 aromatic heterocycles. The quantitative estimate of drug-likeness (QED) is 0.641. The van der Waals surface area contributed by atoms with Crippen LogP contribution in [0.3, 0.4) is 0 Å². The molecule has 2 heterocycles. The van der Waals surface area contributed by atoms with Crippen molar-refractivity contribution in [3.05, 3.63) is 30.1 Å². The van der Waals surface area contributed by atoms with Gasteiger partial charge >= 0.3 is 0 Å². The van der Waals surface area contributed by atoms with Crippen LogP contribution >= 0.6 is 11.8 Å². The summed E-state index contributed by atoms with van der Waals surface area (Å²) in [4.78, 5) is 11.9. The smallest absolute Gasteiger partial charge is 0.144 e. The van der Waals surface area contributed by atoms with Crippen molar-refractivity contribution >= 4 is 22.7 Å². The summed E-state index contributed by atoms with van der Waals surface area (Å²) in [5, 5.41) is 2.76. The van der Waals surface area contributed by atoms with E-state index < -0.39 is 0 Å². The zero-order valence-electron chi connectivity index (χ0n) is 12.6. The van der Waals surface area contributed by atoms with Crippen molar-refractivity contribution in [3.8, 4) is 0 Å². The highest BCUT2D eigenvalue weighted by molar-refractivity contribution is 8.00. The Kier molecular flexibility index (Phi) is 4.73. The molecule has 5 heteroatoms. The molecule has 0 saturated carbocycles. The number of benzene rings is 1. The second-order valence-corrected chi connectivity index (χ2v) is 7.08. The summed E-state index contributed by atoms with van der Waals surface area (Å²) in [6.45, 7) is 8.74. The highest BCUT2D eigenvalue weighted by atomic mass is 32.2. The summed E-state index contributed by atoms with van der Waals surface area (Å²) in [5.74, 6) is 0.916. The fourth-order valence-corrected chi connectivity index (χ4v) is 3.34. The zero-order chi connectivity index (χ0) is 14.7. The van der Waals surface area contributed by atoms with E-state index in [1.54, 1.807) is 0 Å². The lowest BCUT2D eigenvalue weighted by Crippen LogP contribution is -2.36. The molecule has 0 spiro atoms. The van der Waals surface area contributed by atoms with Crippen LogP contribution in [-0.2, 0) is 11.3 Å². The molecule has 1 aliphatic rings. The Balaban J connectivity index is 1.91. The monoisotopic (exact) mass is 303 g/mol. The Hall–Kier alpha value is -1.17. The molecule has 3 rings (SSSR count). The topological polar surface area (TPSA) is 38.2 Å². The molecule has 0 amide bonds. The molecule has 4 nitrogen and oxygen atoms in total. The van der Waals surface area contributed by atoms with Gasteiger partial charge in [-0.3, -0.25) is 4.90 Å². The second kappa shape index (κ2) is 6.73. The van der Waals surface area contributed by atoms with Gasteiger partial charge in [-0.15, -0.1) is 11.8 Å². The first-order chi connectivity index (χ1) is 10.2. The molecule has 1 saturated heterocycles. The third-order valence-corrected chi connectivity index (χ3v) is 4.44. The van der Waals surface area contributed by atoms with E-state index in [-0.39, 0.29) is 0 Å². The fourth-order valence-electron chi connectivity index (χ4n) is 2.44. The number of ether oxygens (including phenoxy) is 1. The average Bonchev–Trinajstić information content (AvgIpc) is 2.48. The fraction of sp³-hybridized carbons (Fsp3) is 0.500. The summed E-state index contributed by atoms with van der Waals surface area (Å²) in [5.41, 5.74) is 1.04. The van der Waals surface area contributed by atoms with Crippen LogP contribution < -0.4 is 0 Å². The van der Waals surface area contributed by atoms with E-state index in [1.165, 1.54) is 0 Å². The van der Waals surface area contributed by atoms with Crippen LogP contribution in [0.2, 0.25) is 0 Å². The van der Waals surface area contributed by atoms with Gasteiger partial charge in [0.15, 0.2) is 0 Å². The molecule has 0 unspecified atom stereocenters. The number of hydrogen-bond donors (Lipinski definition) is 0. The van der Waals surface area contributed by atoms with Crippen molar-refractivity contribution in [3.63, 3.8) is 0 Å². The van der Waals surface area contributed by atoms with Crippen LogP contribution in [0.4, 0.5) is 0 Å². The van der Waals surface area contributed by atoms with E-state index in [9.17, 15) is 0 Å². The lowest BCUT2D eigenvalue weighted by atomic mass is 10.2. The van der Waals surface area contributed by atoms with E-state index in [0.29, 0.717) is 5.25 Å². The van der Waals surface area contributed by atoms with Crippen LogP contribution in [0.5, 0.6) is 0 Å². The lowest BCUT2D eigenvalue weighted by Gasteiger charge is -2.26. The summed E-state index contributed by atoms with van der Waals surface area (Å²) in [6.07, 6.45) is 0. The molecule has 0 radical (unpaired) electrons. The van der Waals surface area contributed by atoms with Crippen LogP contribution in [0.15, 0.2) is 29.3 Å². The molecule has 0 aliphatic carbocycles. The summed E-state index contributed by atoms with van der Waals surface area (Å²) >= 11 is 1.81. The number of thioether (sulfide) groups is 1. The summed E-state index contributed by atoms with van der Waals surface area (Å²) < 4.78 is 5.40. The molecule has 1 aliphatic heterocycles.